The summed E-state index contributed by atoms with van der Waals surface area (Å²) in [7, 11) is -3.80. The van der Waals surface area contributed by atoms with E-state index in [9.17, 15) is 18.5 Å². The average Bonchev–Trinajstić information content (AvgIpc) is 3.24. The van der Waals surface area contributed by atoms with Gasteiger partial charge in [-0.3, -0.25) is 10.1 Å². The van der Waals surface area contributed by atoms with E-state index in [1.165, 1.54) is 22.5 Å². The first-order chi connectivity index (χ1) is 14.4. The van der Waals surface area contributed by atoms with E-state index in [4.69, 9.17) is 4.42 Å². The fourth-order valence-electron chi connectivity index (χ4n) is 3.57. The number of aromatic nitrogens is 2. The number of hydrogen-bond donors (Lipinski definition) is 0. The largest absolute Gasteiger partial charge is 0.420 e. The number of piperidine rings is 1. The Morgan fingerprint density at radius 3 is 2.53 bits per heavy atom. The number of non-ortho nitro benzene ring substituents is 1. The zero-order chi connectivity index (χ0) is 21.3. The second kappa shape index (κ2) is 7.96. The molecule has 9 nitrogen and oxygen atoms in total. The van der Waals surface area contributed by atoms with Crippen LogP contribution in [-0.2, 0) is 10.0 Å². The zero-order valence-corrected chi connectivity index (χ0v) is 17.1. The van der Waals surface area contributed by atoms with E-state index >= 15 is 0 Å². The highest BCUT2D eigenvalue weighted by Gasteiger charge is 2.32. The van der Waals surface area contributed by atoms with Gasteiger partial charge in [-0.2, -0.15) is 4.31 Å². The third kappa shape index (κ3) is 3.83. The highest BCUT2D eigenvalue weighted by molar-refractivity contribution is 7.89. The number of nitrogens with zero attached hydrogens (tertiary/aromatic N) is 4. The van der Waals surface area contributed by atoms with Crippen molar-refractivity contribution in [2.24, 2.45) is 0 Å². The first-order valence-electron chi connectivity index (χ1n) is 9.50. The van der Waals surface area contributed by atoms with Crippen LogP contribution in [0.5, 0.6) is 0 Å². The van der Waals surface area contributed by atoms with Crippen molar-refractivity contribution in [1.82, 2.24) is 14.5 Å². The first-order valence-corrected chi connectivity index (χ1v) is 10.9. The van der Waals surface area contributed by atoms with Gasteiger partial charge in [-0.05, 0) is 37.5 Å². The molecular formula is C20H20N4O5S. The number of aryl methyl sites for hydroxylation is 1. The van der Waals surface area contributed by atoms with Crippen LogP contribution in [0.4, 0.5) is 5.69 Å². The lowest BCUT2D eigenvalue weighted by atomic mass is 9.98. The minimum Gasteiger partial charge on any atom is -0.420 e. The predicted molar refractivity (Wildman–Crippen MR) is 108 cm³/mol. The van der Waals surface area contributed by atoms with Gasteiger partial charge < -0.3 is 4.42 Å². The molecule has 0 unspecified atom stereocenters. The maximum atomic E-state index is 12.9. The second-order valence-electron chi connectivity index (χ2n) is 7.19. The molecule has 0 bridgehead atoms. The van der Waals surface area contributed by atoms with E-state index in [1.54, 1.807) is 0 Å². The molecule has 0 amide bonds. The summed E-state index contributed by atoms with van der Waals surface area (Å²) >= 11 is 0. The molecule has 156 valence electrons. The van der Waals surface area contributed by atoms with Crippen LogP contribution in [0.2, 0.25) is 0 Å². The number of sulfonamides is 1. The lowest BCUT2D eigenvalue weighted by molar-refractivity contribution is -0.385. The number of hydrogen-bond acceptors (Lipinski definition) is 7. The monoisotopic (exact) mass is 428 g/mol. The van der Waals surface area contributed by atoms with Crippen LogP contribution < -0.4 is 0 Å². The molecule has 10 heteroatoms. The summed E-state index contributed by atoms with van der Waals surface area (Å²) in [6.45, 7) is 2.52. The molecule has 0 saturated carbocycles. The highest BCUT2D eigenvalue weighted by Crippen LogP contribution is 2.32. The van der Waals surface area contributed by atoms with E-state index < -0.39 is 14.9 Å². The Bertz CT molecular complexity index is 1180. The molecule has 0 atom stereocenters. The Labute approximate surface area is 173 Å². The van der Waals surface area contributed by atoms with E-state index in [-0.39, 0.29) is 29.6 Å². The van der Waals surface area contributed by atoms with E-state index in [0.717, 1.165) is 17.2 Å². The lowest BCUT2D eigenvalue weighted by Gasteiger charge is -2.29. The van der Waals surface area contributed by atoms with Crippen LogP contribution in [0.1, 0.15) is 30.2 Å². The van der Waals surface area contributed by atoms with Crippen LogP contribution in [0.15, 0.2) is 57.8 Å². The number of benzene rings is 2. The van der Waals surface area contributed by atoms with Crippen LogP contribution >= 0.6 is 0 Å². The molecule has 3 aromatic rings. The third-order valence-electron chi connectivity index (χ3n) is 5.29. The predicted octanol–water partition coefficient (Wildman–Crippen LogP) is 3.52. The highest BCUT2D eigenvalue weighted by atomic mass is 32.2. The Morgan fingerprint density at radius 2 is 1.83 bits per heavy atom. The minimum atomic E-state index is -3.80. The minimum absolute atomic E-state index is 0.0353. The SMILES string of the molecule is Cc1ccccc1-c1nnc(C2CCN(S(=O)(=O)c3cccc([N+](=O)[O-])c3)CC2)o1. The van der Waals surface area contributed by atoms with Crippen molar-refractivity contribution >= 4 is 15.7 Å². The number of nitro groups is 1. The summed E-state index contributed by atoms with van der Waals surface area (Å²) in [5.41, 5.74) is 1.66. The van der Waals surface area contributed by atoms with Crippen LogP contribution in [0.25, 0.3) is 11.5 Å². The normalized spacial score (nSPS) is 15.9. The van der Waals surface area contributed by atoms with Crippen LogP contribution in [0, 0.1) is 17.0 Å². The van der Waals surface area contributed by atoms with Gasteiger partial charge in [-0.1, -0.05) is 24.3 Å². The maximum absolute atomic E-state index is 12.9. The van der Waals surface area contributed by atoms with Crippen LogP contribution in [0.3, 0.4) is 0 Å². The van der Waals surface area contributed by atoms with Gasteiger partial charge >= 0.3 is 0 Å². The zero-order valence-electron chi connectivity index (χ0n) is 16.3. The van der Waals surface area contributed by atoms with Crippen LogP contribution in [-0.4, -0.2) is 40.9 Å². The number of rotatable bonds is 5. The van der Waals surface area contributed by atoms with Crippen molar-refractivity contribution in [1.29, 1.82) is 0 Å². The van der Waals surface area contributed by atoms with E-state index in [1.807, 2.05) is 31.2 Å². The van der Waals surface area contributed by atoms with Gasteiger partial charge in [0.05, 0.1) is 9.82 Å². The molecule has 1 fully saturated rings. The van der Waals surface area contributed by atoms with Crippen molar-refractivity contribution in [3.63, 3.8) is 0 Å². The van der Waals surface area contributed by atoms with E-state index in [2.05, 4.69) is 10.2 Å². The first kappa shape index (κ1) is 20.2. The van der Waals surface area contributed by atoms with Crippen molar-refractivity contribution < 1.29 is 17.8 Å². The quantitative estimate of drug-likeness (QED) is 0.450. The molecule has 4 rings (SSSR count). The molecular weight excluding hydrogens is 408 g/mol. The van der Waals surface area contributed by atoms with Crippen molar-refractivity contribution in [3.8, 4) is 11.5 Å². The molecule has 1 aliphatic heterocycles. The van der Waals surface area contributed by atoms with Crippen molar-refractivity contribution in [2.45, 2.75) is 30.6 Å². The van der Waals surface area contributed by atoms with Gasteiger partial charge in [0.25, 0.3) is 5.69 Å². The van der Waals surface area contributed by atoms with Gasteiger partial charge in [0.1, 0.15) is 0 Å². The number of nitro benzene ring substituents is 1. The van der Waals surface area contributed by atoms with Gasteiger partial charge in [-0.25, -0.2) is 8.42 Å². The van der Waals surface area contributed by atoms with Crippen molar-refractivity contribution in [3.05, 3.63) is 70.1 Å². The summed E-state index contributed by atoms with van der Waals surface area (Å²) in [5.74, 6) is 0.919. The van der Waals surface area contributed by atoms with Gasteiger partial charge in [-0.15, -0.1) is 10.2 Å². The Hall–Kier alpha value is -3.11. The Kier molecular flexibility index (Phi) is 5.35. The fraction of sp³-hybridized carbons (Fsp3) is 0.300. The smallest absolute Gasteiger partial charge is 0.270 e. The lowest BCUT2D eigenvalue weighted by Crippen LogP contribution is -2.38. The molecule has 0 aliphatic carbocycles. The van der Waals surface area contributed by atoms with E-state index in [0.29, 0.717) is 24.6 Å². The molecule has 1 aliphatic rings. The Balaban J connectivity index is 1.47. The molecule has 30 heavy (non-hydrogen) atoms. The molecule has 1 aromatic heterocycles. The molecule has 0 spiro atoms. The topological polar surface area (TPSA) is 119 Å². The summed E-state index contributed by atoms with van der Waals surface area (Å²) < 4.78 is 33.0. The molecule has 2 aromatic carbocycles. The summed E-state index contributed by atoms with van der Waals surface area (Å²) in [5, 5.41) is 19.3. The van der Waals surface area contributed by atoms with Gasteiger partial charge in [0.15, 0.2) is 0 Å². The summed E-state index contributed by atoms with van der Waals surface area (Å²) in [6, 6.07) is 12.8. The fourth-order valence-corrected chi connectivity index (χ4v) is 5.08. The standard InChI is InChI=1S/C20H20N4O5S/c1-14-5-2-3-8-18(14)20-22-21-19(29-20)15-9-11-23(12-10-15)30(27,28)17-7-4-6-16(13-17)24(25)26/h2-8,13,15H,9-12H2,1H3. The molecule has 0 N–H and O–H groups in total. The maximum Gasteiger partial charge on any atom is 0.270 e. The molecule has 0 radical (unpaired) electrons. The molecule has 2 heterocycles. The second-order valence-corrected chi connectivity index (χ2v) is 9.13. The summed E-state index contributed by atoms with van der Waals surface area (Å²) in [6.07, 6.45) is 1.06. The average molecular weight is 428 g/mol. The van der Waals surface area contributed by atoms with Gasteiger partial charge in [0, 0.05) is 36.7 Å². The summed E-state index contributed by atoms with van der Waals surface area (Å²) in [4.78, 5) is 10.3. The third-order valence-corrected chi connectivity index (χ3v) is 7.18. The van der Waals surface area contributed by atoms with Gasteiger partial charge in [0.2, 0.25) is 21.8 Å². The Morgan fingerprint density at radius 1 is 1.10 bits per heavy atom. The van der Waals surface area contributed by atoms with Crippen molar-refractivity contribution in [2.75, 3.05) is 13.1 Å². The molecule has 1 saturated heterocycles.